The maximum absolute atomic E-state index is 11.8. The highest BCUT2D eigenvalue weighted by Crippen LogP contribution is 2.46. The Labute approximate surface area is 138 Å². The fourth-order valence-corrected chi connectivity index (χ4v) is 4.47. The van der Waals surface area contributed by atoms with Gasteiger partial charge in [0.2, 0.25) is 0 Å². The van der Waals surface area contributed by atoms with Gasteiger partial charge in [-0.3, -0.25) is 4.79 Å². The van der Waals surface area contributed by atoms with E-state index in [0.717, 1.165) is 12.8 Å². The fraction of sp³-hybridized carbons (Fsp3) is 0.737. The first-order valence-electron chi connectivity index (χ1n) is 8.32. The maximum Gasteiger partial charge on any atom is 0.192 e. The Hall–Kier alpha value is -0.673. The quantitative estimate of drug-likeness (QED) is 0.371. The molecule has 0 spiro atoms. The predicted octanol–water partition coefficient (Wildman–Crippen LogP) is 5.66. The molecule has 126 valence electrons. The molecule has 0 aliphatic heterocycles. The molecule has 2 nitrogen and oxygen atoms in total. The minimum atomic E-state index is -1.75. The Kier molecular flexibility index (Phi) is 5.67. The molecule has 1 atom stereocenters. The van der Waals surface area contributed by atoms with Gasteiger partial charge in [0.1, 0.15) is 0 Å². The Bertz CT molecular complexity index is 478. The topological polar surface area (TPSA) is 26.3 Å². The summed E-state index contributed by atoms with van der Waals surface area (Å²) in [6, 6.07) is 0. The Morgan fingerprint density at radius 1 is 1.41 bits per heavy atom. The number of ketones is 1. The van der Waals surface area contributed by atoms with Crippen LogP contribution in [-0.4, -0.2) is 20.2 Å². The maximum atomic E-state index is 11.8. The molecular formula is C19H34O2Si. The molecule has 0 saturated heterocycles. The molecule has 1 aliphatic carbocycles. The van der Waals surface area contributed by atoms with Crippen LogP contribution in [0.5, 0.6) is 0 Å². The van der Waals surface area contributed by atoms with E-state index in [4.69, 9.17) is 4.43 Å². The molecule has 1 unspecified atom stereocenters. The number of carbonyl (C=O) groups excluding carboxylic acids is 1. The van der Waals surface area contributed by atoms with Gasteiger partial charge in [-0.1, -0.05) is 52.3 Å². The van der Waals surface area contributed by atoms with Crippen LogP contribution < -0.4 is 0 Å². The van der Waals surface area contributed by atoms with Crippen LogP contribution in [0.25, 0.3) is 0 Å². The number of allylic oxidation sites excluding steroid dienone is 2. The molecular weight excluding hydrogens is 288 g/mol. The van der Waals surface area contributed by atoms with E-state index in [2.05, 4.69) is 61.2 Å². The Balaban J connectivity index is 2.96. The SMILES string of the molecule is C=CC(=O)CC1=C(C)CC(O[Si](C)(C)C(C)(C)C)CC1(C)C. The summed E-state index contributed by atoms with van der Waals surface area (Å²) in [7, 11) is -1.75. The lowest BCUT2D eigenvalue weighted by atomic mass is 9.70. The molecule has 0 aromatic rings. The van der Waals surface area contributed by atoms with Crippen molar-refractivity contribution in [2.24, 2.45) is 5.41 Å². The predicted molar refractivity (Wildman–Crippen MR) is 97.6 cm³/mol. The lowest BCUT2D eigenvalue weighted by Gasteiger charge is -2.44. The highest BCUT2D eigenvalue weighted by molar-refractivity contribution is 6.74. The van der Waals surface area contributed by atoms with E-state index >= 15 is 0 Å². The summed E-state index contributed by atoms with van der Waals surface area (Å²) in [5, 5.41) is 0.230. The van der Waals surface area contributed by atoms with Gasteiger partial charge in [-0.05, 0) is 49.4 Å². The van der Waals surface area contributed by atoms with Crippen LogP contribution in [0.15, 0.2) is 23.8 Å². The molecule has 0 aromatic heterocycles. The van der Waals surface area contributed by atoms with Gasteiger partial charge < -0.3 is 4.43 Å². The molecule has 0 N–H and O–H groups in total. The molecule has 3 heteroatoms. The first-order chi connectivity index (χ1) is 9.80. The van der Waals surface area contributed by atoms with E-state index in [-0.39, 0.29) is 22.3 Å². The first-order valence-corrected chi connectivity index (χ1v) is 11.2. The molecule has 1 rings (SSSR count). The first kappa shape index (κ1) is 19.4. The molecule has 0 bridgehead atoms. The van der Waals surface area contributed by atoms with E-state index in [1.165, 1.54) is 17.2 Å². The third-order valence-corrected chi connectivity index (χ3v) is 9.99. The smallest absolute Gasteiger partial charge is 0.192 e. The third-order valence-electron chi connectivity index (χ3n) is 5.45. The summed E-state index contributed by atoms with van der Waals surface area (Å²) in [6.45, 7) is 21.7. The monoisotopic (exact) mass is 322 g/mol. The average Bonchev–Trinajstić information content (AvgIpc) is 2.30. The number of rotatable bonds is 5. The third kappa shape index (κ3) is 4.42. The lowest BCUT2D eigenvalue weighted by Crippen LogP contribution is -2.46. The van der Waals surface area contributed by atoms with Gasteiger partial charge in [-0.15, -0.1) is 0 Å². The van der Waals surface area contributed by atoms with Crippen molar-refractivity contribution in [2.45, 2.75) is 85.0 Å². The molecule has 22 heavy (non-hydrogen) atoms. The van der Waals surface area contributed by atoms with Crippen molar-refractivity contribution in [3.63, 3.8) is 0 Å². The van der Waals surface area contributed by atoms with Crippen molar-refractivity contribution < 1.29 is 9.22 Å². The van der Waals surface area contributed by atoms with Crippen LogP contribution in [0.4, 0.5) is 0 Å². The van der Waals surface area contributed by atoms with Gasteiger partial charge in [0.05, 0.1) is 0 Å². The molecule has 0 radical (unpaired) electrons. The summed E-state index contributed by atoms with van der Waals surface area (Å²) in [5.41, 5.74) is 2.64. The van der Waals surface area contributed by atoms with Gasteiger partial charge in [-0.25, -0.2) is 0 Å². The van der Waals surface area contributed by atoms with Crippen molar-refractivity contribution in [3.05, 3.63) is 23.8 Å². The highest BCUT2D eigenvalue weighted by atomic mass is 28.4. The molecule has 0 amide bonds. The van der Waals surface area contributed by atoms with E-state index in [0.29, 0.717) is 6.42 Å². The van der Waals surface area contributed by atoms with E-state index in [9.17, 15) is 4.79 Å². The van der Waals surface area contributed by atoms with Gasteiger partial charge in [0, 0.05) is 12.5 Å². The van der Waals surface area contributed by atoms with Crippen molar-refractivity contribution >= 4 is 14.1 Å². The van der Waals surface area contributed by atoms with Crippen molar-refractivity contribution in [2.75, 3.05) is 0 Å². The van der Waals surface area contributed by atoms with Crippen molar-refractivity contribution in [1.29, 1.82) is 0 Å². The van der Waals surface area contributed by atoms with Crippen molar-refractivity contribution in [3.8, 4) is 0 Å². The molecule has 0 aromatic carbocycles. The zero-order valence-corrected chi connectivity index (χ0v) is 16.8. The lowest BCUT2D eigenvalue weighted by molar-refractivity contribution is -0.114. The number of hydrogen-bond donors (Lipinski definition) is 0. The van der Waals surface area contributed by atoms with Crippen LogP contribution in [-0.2, 0) is 9.22 Å². The Morgan fingerprint density at radius 3 is 2.36 bits per heavy atom. The van der Waals surface area contributed by atoms with Crippen LogP contribution >= 0.6 is 0 Å². The summed E-state index contributed by atoms with van der Waals surface area (Å²) in [5.74, 6) is 0.117. The second kappa shape index (κ2) is 6.44. The molecule has 0 heterocycles. The molecule has 1 aliphatic rings. The van der Waals surface area contributed by atoms with E-state index in [1.807, 2.05) is 0 Å². The van der Waals surface area contributed by atoms with Gasteiger partial charge in [0.25, 0.3) is 0 Å². The van der Waals surface area contributed by atoms with Gasteiger partial charge in [-0.2, -0.15) is 0 Å². The van der Waals surface area contributed by atoms with Crippen LogP contribution in [0.2, 0.25) is 18.1 Å². The van der Waals surface area contributed by atoms with Gasteiger partial charge >= 0.3 is 0 Å². The summed E-state index contributed by atoms with van der Waals surface area (Å²) in [4.78, 5) is 11.8. The minimum absolute atomic E-state index is 0.0219. The van der Waals surface area contributed by atoms with Crippen LogP contribution in [0.1, 0.15) is 60.8 Å². The van der Waals surface area contributed by atoms with Crippen LogP contribution in [0.3, 0.4) is 0 Å². The zero-order valence-electron chi connectivity index (χ0n) is 15.8. The molecule has 0 fully saturated rings. The number of carbonyl (C=O) groups is 1. The second-order valence-corrected chi connectivity index (χ2v) is 13.7. The zero-order chi connectivity index (χ0) is 17.3. The summed E-state index contributed by atoms with van der Waals surface area (Å²) in [6.07, 6.45) is 4.18. The summed E-state index contributed by atoms with van der Waals surface area (Å²) < 4.78 is 6.63. The largest absolute Gasteiger partial charge is 0.414 e. The van der Waals surface area contributed by atoms with E-state index in [1.54, 1.807) is 0 Å². The fourth-order valence-electron chi connectivity index (χ4n) is 3.12. The van der Waals surface area contributed by atoms with E-state index < -0.39 is 8.32 Å². The Morgan fingerprint density at radius 2 is 1.95 bits per heavy atom. The normalized spacial score (nSPS) is 22.6. The average molecular weight is 323 g/mol. The number of hydrogen-bond acceptors (Lipinski definition) is 2. The molecule has 0 saturated carbocycles. The minimum Gasteiger partial charge on any atom is -0.414 e. The second-order valence-electron chi connectivity index (χ2n) is 8.90. The summed E-state index contributed by atoms with van der Waals surface area (Å²) >= 11 is 0. The standard InChI is InChI=1S/C19H34O2Si/c1-10-15(20)12-17-14(2)11-16(13-19(17,6)7)21-22(8,9)18(3,4)5/h10,16H,1,11-13H2,2-9H3. The van der Waals surface area contributed by atoms with Gasteiger partial charge in [0.15, 0.2) is 14.1 Å². The van der Waals surface area contributed by atoms with Crippen LogP contribution in [0, 0.1) is 5.41 Å². The van der Waals surface area contributed by atoms with Crippen molar-refractivity contribution in [1.82, 2.24) is 0 Å². The highest BCUT2D eigenvalue weighted by Gasteiger charge is 2.42.